The Morgan fingerprint density at radius 2 is 1.96 bits per heavy atom. The van der Waals surface area contributed by atoms with E-state index in [1.807, 2.05) is 54.0 Å². The molecule has 0 saturated heterocycles. The van der Waals surface area contributed by atoms with E-state index >= 15 is 0 Å². The number of guanidine groups is 1. The van der Waals surface area contributed by atoms with Crippen LogP contribution in [0.3, 0.4) is 0 Å². The van der Waals surface area contributed by atoms with Crippen molar-refractivity contribution >= 4 is 22.9 Å². The summed E-state index contributed by atoms with van der Waals surface area (Å²) in [6, 6.07) is 13.9. The van der Waals surface area contributed by atoms with Crippen LogP contribution in [-0.4, -0.2) is 28.7 Å². The van der Waals surface area contributed by atoms with Crippen LogP contribution < -0.4 is 20.5 Å². The van der Waals surface area contributed by atoms with E-state index in [1.54, 1.807) is 0 Å². The molecule has 1 atom stereocenters. The molecule has 0 amide bonds. The van der Waals surface area contributed by atoms with Gasteiger partial charge in [-0.15, -0.1) is 0 Å². The van der Waals surface area contributed by atoms with Gasteiger partial charge in [-0.1, -0.05) is 32.0 Å². The minimum Gasteiger partial charge on any atom is -0.490 e. The lowest BCUT2D eigenvalue weighted by atomic mass is 10.1. The van der Waals surface area contributed by atoms with Crippen molar-refractivity contribution in [2.45, 2.75) is 26.9 Å². The van der Waals surface area contributed by atoms with Crippen molar-refractivity contribution in [2.24, 2.45) is 16.6 Å². The fourth-order valence-corrected chi connectivity index (χ4v) is 3.27. The number of anilines is 1. The summed E-state index contributed by atoms with van der Waals surface area (Å²) in [7, 11) is 0. The highest BCUT2D eigenvalue weighted by Crippen LogP contribution is 2.36. The maximum atomic E-state index is 6.04. The Kier molecular flexibility index (Phi) is 4.81. The highest BCUT2D eigenvalue weighted by Gasteiger charge is 2.26. The predicted molar refractivity (Wildman–Crippen MR) is 111 cm³/mol. The van der Waals surface area contributed by atoms with E-state index in [2.05, 4.69) is 29.1 Å². The molecule has 0 radical (unpaired) electrons. The summed E-state index contributed by atoms with van der Waals surface area (Å²) in [6.45, 7) is 7.38. The Balaban J connectivity index is 1.78. The zero-order valence-electron chi connectivity index (χ0n) is 16.3. The maximum absolute atomic E-state index is 6.04. The molecule has 3 N–H and O–H groups in total. The summed E-state index contributed by atoms with van der Waals surface area (Å²) in [6.07, 6.45) is -0.331. The van der Waals surface area contributed by atoms with Gasteiger partial charge < -0.3 is 15.2 Å². The monoisotopic (exact) mass is 379 g/mol. The van der Waals surface area contributed by atoms with E-state index in [9.17, 15) is 0 Å². The van der Waals surface area contributed by atoms with E-state index < -0.39 is 0 Å². The molecule has 146 valence electrons. The number of nitrogens with two attached hydrogens (primary N) is 1. The SMILES string of the molecule is CCOc1cc(C2N=C(N)Nc3nc4ccccc4n32)ccc1OCC(C)C. The number of hydrogen-bond acceptors (Lipinski definition) is 6. The van der Waals surface area contributed by atoms with Crippen LogP contribution in [0.2, 0.25) is 0 Å². The molecular formula is C21H25N5O2. The van der Waals surface area contributed by atoms with Gasteiger partial charge in [-0.25, -0.2) is 9.98 Å². The van der Waals surface area contributed by atoms with Crippen molar-refractivity contribution in [1.82, 2.24) is 9.55 Å². The molecule has 0 saturated carbocycles. The number of ether oxygens (including phenoxy) is 2. The van der Waals surface area contributed by atoms with Crippen LogP contribution in [0.1, 0.15) is 32.5 Å². The molecule has 0 aliphatic carbocycles. The van der Waals surface area contributed by atoms with E-state index in [0.29, 0.717) is 36.8 Å². The first-order valence-electron chi connectivity index (χ1n) is 9.53. The van der Waals surface area contributed by atoms with E-state index in [0.717, 1.165) is 22.3 Å². The van der Waals surface area contributed by atoms with Crippen LogP contribution >= 0.6 is 0 Å². The van der Waals surface area contributed by atoms with Crippen LogP contribution in [0.25, 0.3) is 11.0 Å². The van der Waals surface area contributed by atoms with E-state index in [4.69, 9.17) is 15.2 Å². The summed E-state index contributed by atoms with van der Waals surface area (Å²) in [5.74, 6) is 2.89. The highest BCUT2D eigenvalue weighted by atomic mass is 16.5. The van der Waals surface area contributed by atoms with Crippen LogP contribution in [0, 0.1) is 5.92 Å². The largest absolute Gasteiger partial charge is 0.490 e. The van der Waals surface area contributed by atoms with Crippen molar-refractivity contribution in [1.29, 1.82) is 0 Å². The Hall–Kier alpha value is -3.22. The standard InChI is InChI=1S/C21H25N5O2/c1-4-27-18-11-14(9-10-17(18)28-12-13(2)3)19-24-20(22)25-21-23-15-7-5-6-8-16(15)26(19)21/h5-11,13,19H,4,12H2,1-3H3,(H3,22,23,24,25). The van der Waals surface area contributed by atoms with Gasteiger partial charge in [0.05, 0.1) is 24.2 Å². The number of fused-ring (bicyclic) bond motifs is 3. The van der Waals surface area contributed by atoms with Gasteiger partial charge in [0.1, 0.15) is 0 Å². The molecule has 2 aromatic carbocycles. The lowest BCUT2D eigenvalue weighted by Gasteiger charge is -2.24. The minimum absolute atomic E-state index is 0.331. The lowest BCUT2D eigenvalue weighted by Crippen LogP contribution is -2.31. The second kappa shape index (κ2) is 7.42. The summed E-state index contributed by atoms with van der Waals surface area (Å²) in [5, 5.41) is 3.06. The fourth-order valence-electron chi connectivity index (χ4n) is 3.27. The molecule has 3 aromatic rings. The number of nitrogens with one attached hydrogen (secondary N) is 1. The first-order chi connectivity index (χ1) is 13.6. The number of hydrogen-bond donors (Lipinski definition) is 2. The van der Waals surface area contributed by atoms with Crippen LogP contribution in [-0.2, 0) is 0 Å². The zero-order valence-corrected chi connectivity index (χ0v) is 16.3. The summed E-state index contributed by atoms with van der Waals surface area (Å²) < 4.78 is 13.8. The highest BCUT2D eigenvalue weighted by molar-refractivity contribution is 5.94. The average molecular weight is 379 g/mol. The molecule has 2 heterocycles. The zero-order chi connectivity index (χ0) is 19.7. The van der Waals surface area contributed by atoms with E-state index in [1.165, 1.54) is 0 Å². The Bertz CT molecular complexity index is 1020. The molecule has 28 heavy (non-hydrogen) atoms. The number of rotatable bonds is 6. The Labute approximate surface area is 164 Å². The van der Waals surface area contributed by atoms with Crippen molar-refractivity contribution in [3.63, 3.8) is 0 Å². The van der Waals surface area contributed by atoms with Gasteiger partial charge in [0.15, 0.2) is 23.6 Å². The number of aromatic nitrogens is 2. The number of imidazole rings is 1. The van der Waals surface area contributed by atoms with Crippen molar-refractivity contribution in [3.05, 3.63) is 48.0 Å². The van der Waals surface area contributed by atoms with Gasteiger partial charge in [-0.3, -0.25) is 9.88 Å². The first-order valence-corrected chi connectivity index (χ1v) is 9.53. The molecule has 0 bridgehead atoms. The number of para-hydroxylation sites is 2. The molecule has 1 aromatic heterocycles. The molecule has 0 fully saturated rings. The Morgan fingerprint density at radius 3 is 2.75 bits per heavy atom. The first kappa shape index (κ1) is 18.2. The van der Waals surface area contributed by atoms with Crippen LogP contribution in [0.15, 0.2) is 47.5 Å². The average Bonchev–Trinajstić information content (AvgIpc) is 3.04. The van der Waals surface area contributed by atoms with Gasteiger partial charge in [-0.05, 0) is 37.1 Å². The van der Waals surface area contributed by atoms with Crippen molar-refractivity contribution in [2.75, 3.05) is 18.5 Å². The van der Waals surface area contributed by atoms with E-state index in [-0.39, 0.29) is 6.17 Å². The van der Waals surface area contributed by atoms with Gasteiger partial charge in [0.25, 0.3) is 0 Å². The maximum Gasteiger partial charge on any atom is 0.212 e. The molecule has 0 spiro atoms. The van der Waals surface area contributed by atoms with Crippen LogP contribution in [0.4, 0.5) is 5.95 Å². The number of aliphatic imine (C=N–C) groups is 1. The number of nitrogens with zero attached hydrogens (tertiary/aromatic N) is 3. The molecule has 1 aliphatic rings. The van der Waals surface area contributed by atoms with Gasteiger partial charge in [0, 0.05) is 5.56 Å². The predicted octanol–water partition coefficient (Wildman–Crippen LogP) is 3.76. The molecule has 7 nitrogen and oxygen atoms in total. The lowest BCUT2D eigenvalue weighted by molar-refractivity contribution is 0.248. The third-order valence-corrected chi connectivity index (χ3v) is 4.48. The van der Waals surface area contributed by atoms with Crippen molar-refractivity contribution in [3.8, 4) is 11.5 Å². The minimum atomic E-state index is -0.331. The molecular weight excluding hydrogens is 354 g/mol. The summed E-state index contributed by atoms with van der Waals surface area (Å²) >= 11 is 0. The molecule has 1 unspecified atom stereocenters. The topological polar surface area (TPSA) is 86.7 Å². The molecule has 4 rings (SSSR count). The molecule has 1 aliphatic heterocycles. The van der Waals surface area contributed by atoms with Crippen molar-refractivity contribution < 1.29 is 9.47 Å². The quantitative estimate of drug-likeness (QED) is 0.681. The van der Waals surface area contributed by atoms with Gasteiger partial charge >= 0.3 is 0 Å². The normalized spacial score (nSPS) is 15.9. The van der Waals surface area contributed by atoms with Crippen LogP contribution in [0.5, 0.6) is 11.5 Å². The van der Waals surface area contributed by atoms with Gasteiger partial charge in [-0.2, -0.15) is 0 Å². The number of benzene rings is 2. The second-order valence-electron chi connectivity index (χ2n) is 7.15. The summed E-state index contributed by atoms with van der Waals surface area (Å²) in [5.41, 5.74) is 8.87. The fraction of sp³-hybridized carbons (Fsp3) is 0.333. The third kappa shape index (κ3) is 3.35. The smallest absolute Gasteiger partial charge is 0.212 e. The molecule has 7 heteroatoms. The van der Waals surface area contributed by atoms with Gasteiger partial charge in [0.2, 0.25) is 5.95 Å². The third-order valence-electron chi connectivity index (χ3n) is 4.48. The second-order valence-corrected chi connectivity index (χ2v) is 7.15. The summed E-state index contributed by atoms with van der Waals surface area (Å²) in [4.78, 5) is 9.27. The Morgan fingerprint density at radius 1 is 1.14 bits per heavy atom.